The molecule has 4 nitrogen and oxygen atoms in total. The first-order chi connectivity index (χ1) is 23.3. The third-order valence-corrected chi connectivity index (χ3v) is 12.8. The fourth-order valence-corrected chi connectivity index (χ4v) is 10.8. The van der Waals surface area contributed by atoms with Crippen molar-refractivity contribution in [2.75, 3.05) is 4.90 Å². The van der Waals surface area contributed by atoms with Crippen molar-refractivity contribution in [1.29, 1.82) is 0 Å². The molecule has 0 saturated carbocycles. The predicted molar refractivity (Wildman–Crippen MR) is 196 cm³/mol. The van der Waals surface area contributed by atoms with Crippen LogP contribution in [0.1, 0.15) is 79.2 Å². The van der Waals surface area contributed by atoms with Gasteiger partial charge in [0.15, 0.2) is 0 Å². The minimum absolute atomic E-state index is 0.250. The highest BCUT2D eigenvalue weighted by molar-refractivity contribution is 7.97. The number of hydrogen-bond acceptors (Lipinski definition) is 5. The molecule has 0 bridgehead atoms. The Kier molecular flexibility index (Phi) is 7.66. The molecule has 0 spiro atoms. The van der Waals surface area contributed by atoms with Crippen LogP contribution in [0.25, 0.3) is 17.2 Å². The van der Waals surface area contributed by atoms with E-state index in [4.69, 9.17) is 0 Å². The van der Waals surface area contributed by atoms with E-state index >= 15 is 0 Å². The Morgan fingerprint density at radius 3 is 1.96 bits per heavy atom. The zero-order valence-electron chi connectivity index (χ0n) is 29.1. The van der Waals surface area contributed by atoms with Gasteiger partial charge in [-0.25, -0.2) is 8.42 Å². The van der Waals surface area contributed by atoms with Crippen LogP contribution in [0.15, 0.2) is 76.5 Å². The van der Waals surface area contributed by atoms with Gasteiger partial charge in [0.25, 0.3) is 0 Å². The quantitative estimate of drug-likeness (QED) is 0.175. The van der Waals surface area contributed by atoms with Crippen molar-refractivity contribution in [3.05, 3.63) is 132 Å². The molecule has 0 amide bonds. The van der Waals surface area contributed by atoms with Gasteiger partial charge in [-0.1, -0.05) is 55.3 Å². The molecule has 2 aliphatic heterocycles. The van der Waals surface area contributed by atoms with Gasteiger partial charge in [0.05, 0.1) is 21.8 Å². The zero-order chi connectivity index (χ0) is 36.2. The SMILES string of the molecule is Cc1cc(C)c(-c2ccc3c(c2)C(C)(C)c2cc(/C=C4\C(=O)c5ccc(C(F)(F)F)cc5S4(=O)=O)sc2N3c2c(C)cc(C)cc2C)c(C)c1. The van der Waals surface area contributed by atoms with E-state index in [1.165, 1.54) is 39.7 Å². The Balaban J connectivity index is 1.44. The van der Waals surface area contributed by atoms with Crippen molar-refractivity contribution in [3.8, 4) is 11.1 Å². The molecule has 1 aromatic heterocycles. The summed E-state index contributed by atoms with van der Waals surface area (Å²) in [6.45, 7) is 16.9. The second-order valence-corrected chi connectivity index (χ2v) is 17.1. The van der Waals surface area contributed by atoms with E-state index in [-0.39, 0.29) is 5.56 Å². The van der Waals surface area contributed by atoms with Gasteiger partial charge >= 0.3 is 6.18 Å². The van der Waals surface area contributed by atoms with Gasteiger partial charge in [-0.2, -0.15) is 13.2 Å². The van der Waals surface area contributed by atoms with Crippen molar-refractivity contribution in [2.45, 2.75) is 71.9 Å². The largest absolute Gasteiger partial charge is 0.416 e. The molecule has 3 heterocycles. The van der Waals surface area contributed by atoms with Crippen LogP contribution in [0.4, 0.5) is 29.5 Å². The van der Waals surface area contributed by atoms with Crippen LogP contribution in [0.3, 0.4) is 0 Å². The molecule has 2 aliphatic rings. The fourth-order valence-electron chi connectivity index (χ4n) is 7.86. The summed E-state index contributed by atoms with van der Waals surface area (Å²) in [6.07, 6.45) is -3.42. The van der Waals surface area contributed by atoms with Gasteiger partial charge in [-0.05, 0) is 129 Å². The molecule has 0 atom stereocenters. The van der Waals surface area contributed by atoms with Gasteiger partial charge in [-0.15, -0.1) is 11.3 Å². The van der Waals surface area contributed by atoms with E-state index in [1.54, 1.807) is 0 Å². The van der Waals surface area contributed by atoms with Crippen LogP contribution in [0.2, 0.25) is 0 Å². The normalized spacial score (nSPS) is 16.8. The van der Waals surface area contributed by atoms with Crippen LogP contribution >= 0.6 is 11.3 Å². The van der Waals surface area contributed by atoms with Crippen molar-refractivity contribution in [1.82, 2.24) is 0 Å². The summed E-state index contributed by atoms with van der Waals surface area (Å²) >= 11 is 1.36. The van der Waals surface area contributed by atoms with Crippen molar-refractivity contribution < 1.29 is 26.4 Å². The van der Waals surface area contributed by atoms with Crippen LogP contribution in [0, 0.1) is 41.5 Å². The number of anilines is 3. The lowest BCUT2D eigenvalue weighted by Crippen LogP contribution is -2.30. The predicted octanol–water partition coefficient (Wildman–Crippen LogP) is 11.4. The maximum atomic E-state index is 13.6. The number of rotatable bonds is 3. The molecule has 0 radical (unpaired) electrons. The number of benzene rings is 4. The van der Waals surface area contributed by atoms with E-state index < -0.39 is 42.6 Å². The van der Waals surface area contributed by atoms with Crippen LogP contribution in [-0.4, -0.2) is 14.2 Å². The molecular formula is C41H36F3NO3S2. The maximum absolute atomic E-state index is 13.6. The second-order valence-electron chi connectivity index (χ2n) is 14.1. The monoisotopic (exact) mass is 711 g/mol. The highest BCUT2D eigenvalue weighted by Gasteiger charge is 2.43. The number of fused-ring (bicyclic) bond motifs is 3. The second kappa shape index (κ2) is 11.3. The summed E-state index contributed by atoms with van der Waals surface area (Å²) in [5, 5.41) is 0.888. The third kappa shape index (κ3) is 5.16. The first-order valence-electron chi connectivity index (χ1n) is 16.3. The molecule has 0 fully saturated rings. The highest BCUT2D eigenvalue weighted by atomic mass is 32.2. The Labute approximate surface area is 294 Å². The number of carbonyl (C=O) groups is 1. The zero-order valence-corrected chi connectivity index (χ0v) is 30.7. The molecule has 4 aromatic carbocycles. The van der Waals surface area contributed by atoms with Gasteiger partial charge in [-0.3, -0.25) is 4.79 Å². The van der Waals surface area contributed by atoms with Gasteiger partial charge in [0.1, 0.15) is 9.91 Å². The molecule has 0 saturated heterocycles. The number of carbonyl (C=O) groups excluding carboxylic acids is 1. The van der Waals surface area contributed by atoms with Crippen molar-refractivity contribution in [3.63, 3.8) is 0 Å². The van der Waals surface area contributed by atoms with Crippen molar-refractivity contribution >= 4 is 49.4 Å². The fraction of sp³-hybridized carbons (Fsp3) is 0.244. The van der Waals surface area contributed by atoms with Gasteiger partial charge in [0.2, 0.25) is 15.6 Å². The van der Waals surface area contributed by atoms with E-state index in [2.05, 4.69) is 103 Å². The lowest BCUT2D eigenvalue weighted by Gasteiger charge is -2.41. The summed E-state index contributed by atoms with van der Waals surface area (Å²) in [5.41, 5.74) is 11.3. The van der Waals surface area contributed by atoms with Crippen LogP contribution in [-0.2, 0) is 21.4 Å². The minimum Gasteiger partial charge on any atom is -0.301 e. The Bertz CT molecular complexity index is 2400. The molecule has 50 heavy (non-hydrogen) atoms. The van der Waals surface area contributed by atoms with Crippen LogP contribution in [0.5, 0.6) is 0 Å². The average molecular weight is 712 g/mol. The lowest BCUT2D eigenvalue weighted by molar-refractivity contribution is -0.137. The van der Waals surface area contributed by atoms with E-state index in [0.29, 0.717) is 10.9 Å². The van der Waals surface area contributed by atoms with E-state index in [0.717, 1.165) is 61.9 Å². The number of allylic oxidation sites excluding steroid dienone is 1. The molecule has 5 aromatic rings. The maximum Gasteiger partial charge on any atom is 0.416 e. The molecule has 0 unspecified atom stereocenters. The smallest absolute Gasteiger partial charge is 0.301 e. The molecular weight excluding hydrogens is 676 g/mol. The highest BCUT2D eigenvalue weighted by Crippen LogP contribution is 2.57. The minimum atomic E-state index is -4.75. The number of aryl methyl sites for hydroxylation is 6. The third-order valence-electron chi connectivity index (χ3n) is 9.97. The standard InChI is InChI=1S/C41H36F3NO3S2/c1-21-13-23(3)36(24(4)14-21)27-9-12-33-31(17-27)40(7,8)32-19-29(49-39(32)45(33)37-25(5)15-22(2)16-26(37)6)20-35-38(46)30-11-10-28(41(42,43)44)18-34(30)50(35,47)48/h9-20H,1-8H3/b35-20+. The molecule has 7 rings (SSSR count). The first kappa shape index (κ1) is 34.0. The molecule has 0 aliphatic carbocycles. The first-order valence-corrected chi connectivity index (χ1v) is 18.6. The summed E-state index contributed by atoms with van der Waals surface area (Å²) < 4.78 is 67.7. The number of hydrogen-bond donors (Lipinski definition) is 0. The Morgan fingerprint density at radius 2 is 1.36 bits per heavy atom. The summed E-state index contributed by atoms with van der Waals surface area (Å²) in [5.74, 6) is -0.807. The van der Waals surface area contributed by atoms with Gasteiger partial charge < -0.3 is 4.90 Å². The number of Topliss-reactive ketones (excluding diaryl/α,β-unsaturated/α-hetero) is 1. The number of alkyl halides is 3. The molecule has 256 valence electrons. The van der Waals surface area contributed by atoms with Crippen molar-refractivity contribution in [2.24, 2.45) is 0 Å². The van der Waals surface area contributed by atoms with Gasteiger partial charge in [0, 0.05) is 15.9 Å². The number of ketones is 1. The number of nitrogens with zero attached hydrogens (tertiary/aromatic N) is 1. The number of halogens is 3. The summed E-state index contributed by atoms with van der Waals surface area (Å²) in [7, 11) is -4.49. The average Bonchev–Trinajstić information content (AvgIpc) is 3.51. The van der Waals surface area contributed by atoms with E-state index in [1.807, 2.05) is 6.07 Å². The van der Waals surface area contributed by atoms with E-state index in [9.17, 15) is 26.4 Å². The number of thiophene rings is 1. The topological polar surface area (TPSA) is 54.5 Å². The Hall–Kier alpha value is -4.47. The summed E-state index contributed by atoms with van der Waals surface area (Å²) in [4.78, 5) is 15.1. The Morgan fingerprint density at radius 1 is 0.760 bits per heavy atom. The van der Waals surface area contributed by atoms with Crippen LogP contribution < -0.4 is 4.90 Å². The summed E-state index contributed by atoms with van der Waals surface area (Å²) in [6, 6.07) is 19.4. The molecule has 0 N–H and O–H groups in total. The lowest BCUT2D eigenvalue weighted by atomic mass is 9.74. The molecule has 9 heteroatoms. The number of sulfone groups is 1.